The minimum atomic E-state index is -2.92. The second-order valence-corrected chi connectivity index (χ2v) is 15.5. The number of thioether (sulfide) groups is 1. The minimum Gasteiger partial charge on any atom is -0.463 e. The Kier molecular flexibility index (Phi) is 10.9. The van der Waals surface area contributed by atoms with Gasteiger partial charge in [0.05, 0.1) is 11.8 Å². The molecule has 1 unspecified atom stereocenters. The van der Waals surface area contributed by atoms with E-state index < -0.39 is 101 Å². The predicted molar refractivity (Wildman–Crippen MR) is 173 cm³/mol. The lowest BCUT2D eigenvalue weighted by molar-refractivity contribution is -0.208. The van der Waals surface area contributed by atoms with E-state index in [2.05, 4.69) is 10.3 Å². The number of carbonyl (C=O) groups is 3. The number of alkyl halides is 2. The first-order valence-corrected chi connectivity index (χ1v) is 18.1. The van der Waals surface area contributed by atoms with Gasteiger partial charge in [0.25, 0.3) is 5.92 Å². The first kappa shape index (κ1) is 38.4. The summed E-state index contributed by atoms with van der Waals surface area (Å²) in [6.07, 6.45) is 0.623. The van der Waals surface area contributed by atoms with Crippen LogP contribution in [0.3, 0.4) is 0 Å². The standard InChI is InChI=1S/C34H41F5N4O8S/c1-18(44)49-17-24-27(50-19(2)45)26(43-16-23(40-41-43)20-14-21(35)25(37)22(36)15-20)28(48-3)31(51-24)52-29(30(46)42-12-10-34(38,39)11-13-42)33(47)8-6-32(4-5-32)7-9-33/h14-16,24,26-29,31,47H,4-13,17H2,1-3H3/t24-,26+,27+,28-,29?,31+/m1/s1. The number of aliphatic hydroxyl groups is 1. The number of halogens is 5. The summed E-state index contributed by atoms with van der Waals surface area (Å²) in [5.74, 6) is -9.47. The van der Waals surface area contributed by atoms with Crippen LogP contribution in [0.4, 0.5) is 22.0 Å². The quantitative estimate of drug-likeness (QED) is 0.207. The Balaban J connectivity index is 1.38. The number of rotatable bonds is 10. The second-order valence-electron chi connectivity index (χ2n) is 14.2. The molecule has 2 aliphatic carbocycles. The van der Waals surface area contributed by atoms with E-state index in [-0.39, 0.29) is 29.8 Å². The molecule has 1 aromatic heterocycles. The van der Waals surface area contributed by atoms with Gasteiger partial charge in [0, 0.05) is 52.5 Å². The number of benzene rings is 1. The molecule has 52 heavy (non-hydrogen) atoms. The molecular formula is C34H41F5N4O8S. The van der Waals surface area contributed by atoms with Crippen molar-refractivity contribution in [3.8, 4) is 11.3 Å². The van der Waals surface area contributed by atoms with Gasteiger partial charge in [-0.25, -0.2) is 26.6 Å². The summed E-state index contributed by atoms with van der Waals surface area (Å²) in [6, 6.07) is 0.330. The van der Waals surface area contributed by atoms with Gasteiger partial charge >= 0.3 is 11.9 Å². The SMILES string of the molecule is CO[C@@H]1[C@@H](n2cc(-c3cc(F)c(F)c(F)c3)nn2)[C@@H](OC(C)=O)[C@@H](COC(C)=O)O[C@H]1SC(C(=O)N1CCC(F)(F)CC1)C1(O)CCC2(CC2)CC1. The number of likely N-dealkylation sites (tertiary alicyclic amines) is 1. The highest BCUT2D eigenvalue weighted by Crippen LogP contribution is 2.59. The second kappa shape index (κ2) is 14.8. The van der Waals surface area contributed by atoms with Gasteiger partial charge < -0.3 is 29.0 Å². The molecule has 0 radical (unpaired) electrons. The number of hydrogen-bond donors (Lipinski definition) is 1. The zero-order valence-corrected chi connectivity index (χ0v) is 29.7. The van der Waals surface area contributed by atoms with Gasteiger partial charge in [-0.1, -0.05) is 5.21 Å². The van der Waals surface area contributed by atoms with E-state index in [9.17, 15) is 41.4 Å². The minimum absolute atomic E-state index is 0.0815. The van der Waals surface area contributed by atoms with E-state index in [4.69, 9.17) is 18.9 Å². The van der Waals surface area contributed by atoms with Gasteiger partial charge in [-0.3, -0.25) is 14.4 Å². The smallest absolute Gasteiger partial charge is 0.303 e. The summed E-state index contributed by atoms with van der Waals surface area (Å²) in [7, 11) is 1.32. The third-order valence-electron chi connectivity index (χ3n) is 10.7. The molecule has 2 saturated heterocycles. The van der Waals surface area contributed by atoms with E-state index in [0.717, 1.165) is 50.6 Å². The van der Waals surface area contributed by atoms with Gasteiger partial charge in [-0.05, 0) is 56.1 Å². The molecular weight excluding hydrogens is 719 g/mol. The Morgan fingerprint density at radius 3 is 2.15 bits per heavy atom. The molecule has 1 spiro atoms. The Morgan fingerprint density at radius 2 is 1.60 bits per heavy atom. The number of aromatic nitrogens is 3. The summed E-state index contributed by atoms with van der Waals surface area (Å²) in [6.45, 7) is 1.46. The summed E-state index contributed by atoms with van der Waals surface area (Å²) < 4.78 is 94.8. The van der Waals surface area contributed by atoms with Crippen LogP contribution in [0, 0.1) is 22.9 Å². The number of esters is 2. The lowest BCUT2D eigenvalue weighted by atomic mass is 9.75. The van der Waals surface area contributed by atoms with Crippen molar-refractivity contribution in [2.24, 2.45) is 5.41 Å². The molecule has 1 aromatic carbocycles. The van der Waals surface area contributed by atoms with Crippen LogP contribution in [0.5, 0.6) is 0 Å². The van der Waals surface area contributed by atoms with E-state index in [1.54, 1.807) is 0 Å². The average molecular weight is 761 g/mol. The van der Waals surface area contributed by atoms with Gasteiger partial charge in [0.2, 0.25) is 5.91 Å². The third-order valence-corrected chi connectivity index (χ3v) is 12.2. The number of hydrogen-bond acceptors (Lipinski definition) is 11. The number of nitrogens with zero attached hydrogens (tertiary/aromatic N) is 4. The third kappa shape index (κ3) is 8.09. The highest BCUT2D eigenvalue weighted by molar-refractivity contribution is 8.01. The Morgan fingerprint density at radius 1 is 0.981 bits per heavy atom. The number of ether oxygens (including phenoxy) is 4. The van der Waals surface area contributed by atoms with Crippen LogP contribution < -0.4 is 0 Å². The first-order valence-electron chi connectivity index (χ1n) is 17.1. The zero-order valence-electron chi connectivity index (χ0n) is 28.9. The van der Waals surface area contributed by atoms with E-state index >= 15 is 0 Å². The van der Waals surface area contributed by atoms with Crippen molar-refractivity contribution in [1.29, 1.82) is 0 Å². The molecule has 18 heteroatoms. The Bertz CT molecular complexity index is 1630. The van der Waals surface area contributed by atoms with Gasteiger partial charge in [-0.2, -0.15) is 0 Å². The maximum Gasteiger partial charge on any atom is 0.303 e. The molecule has 2 saturated carbocycles. The molecule has 3 heterocycles. The zero-order chi connectivity index (χ0) is 37.6. The molecule has 2 aliphatic heterocycles. The van der Waals surface area contributed by atoms with Gasteiger partial charge in [-0.15, -0.1) is 16.9 Å². The molecule has 286 valence electrons. The van der Waals surface area contributed by atoms with E-state index in [1.807, 2.05) is 0 Å². The number of piperidine rings is 1. The van der Waals surface area contributed by atoms with Crippen molar-refractivity contribution in [2.75, 3.05) is 26.8 Å². The lowest BCUT2D eigenvalue weighted by Gasteiger charge is -2.48. The summed E-state index contributed by atoms with van der Waals surface area (Å²) in [5.41, 5.74) is -2.80. The largest absolute Gasteiger partial charge is 0.463 e. The van der Waals surface area contributed by atoms with Crippen molar-refractivity contribution in [3.05, 3.63) is 35.8 Å². The van der Waals surface area contributed by atoms with Crippen LogP contribution in [-0.2, 0) is 33.3 Å². The van der Waals surface area contributed by atoms with E-state index in [0.29, 0.717) is 25.7 Å². The average Bonchev–Trinajstić information content (AvgIpc) is 3.68. The van der Waals surface area contributed by atoms with Crippen LogP contribution in [0.1, 0.15) is 71.3 Å². The highest BCUT2D eigenvalue weighted by atomic mass is 32.2. The lowest BCUT2D eigenvalue weighted by Crippen LogP contribution is -2.60. The number of carbonyl (C=O) groups excluding carboxylic acids is 3. The maximum atomic E-state index is 14.3. The fraction of sp³-hybridized carbons (Fsp3) is 0.676. The van der Waals surface area contributed by atoms with Crippen molar-refractivity contribution < 1.29 is 60.4 Å². The van der Waals surface area contributed by atoms with Crippen molar-refractivity contribution in [3.63, 3.8) is 0 Å². The summed E-state index contributed by atoms with van der Waals surface area (Å²) in [4.78, 5) is 40.0. The summed E-state index contributed by atoms with van der Waals surface area (Å²) in [5, 5.41) is 19.2. The van der Waals surface area contributed by atoms with Crippen molar-refractivity contribution >= 4 is 29.6 Å². The van der Waals surface area contributed by atoms with Crippen molar-refractivity contribution in [1.82, 2.24) is 19.9 Å². The monoisotopic (exact) mass is 760 g/mol. The first-order chi connectivity index (χ1) is 24.5. The fourth-order valence-electron chi connectivity index (χ4n) is 7.41. The van der Waals surface area contributed by atoms with Gasteiger partial charge in [0.1, 0.15) is 41.2 Å². The molecule has 1 amide bonds. The Hall–Kier alpha value is -3.35. The highest BCUT2D eigenvalue weighted by Gasteiger charge is 2.57. The molecule has 6 atom stereocenters. The molecule has 4 fully saturated rings. The van der Waals surface area contributed by atoms with Gasteiger partial charge in [0.15, 0.2) is 23.6 Å². The molecule has 6 rings (SSSR count). The van der Waals surface area contributed by atoms with Crippen LogP contribution in [0.15, 0.2) is 18.3 Å². The molecule has 12 nitrogen and oxygen atoms in total. The molecule has 4 aliphatic rings. The van der Waals surface area contributed by atoms with Crippen LogP contribution in [0.2, 0.25) is 0 Å². The Labute approximate surface area is 300 Å². The number of methoxy groups -OCH3 is 1. The van der Waals surface area contributed by atoms with Crippen LogP contribution in [0.25, 0.3) is 11.3 Å². The van der Waals surface area contributed by atoms with E-state index in [1.165, 1.54) is 22.9 Å². The molecule has 0 bridgehead atoms. The predicted octanol–water partition coefficient (Wildman–Crippen LogP) is 4.58. The topological polar surface area (TPSA) is 142 Å². The normalized spacial score (nSPS) is 28.2. The fourth-order valence-corrected chi connectivity index (χ4v) is 9.06. The summed E-state index contributed by atoms with van der Waals surface area (Å²) >= 11 is 0.933. The molecule has 2 aromatic rings. The number of amides is 1. The molecule has 1 N–H and O–H groups in total. The van der Waals surface area contributed by atoms with Crippen LogP contribution in [-0.4, -0.2) is 110 Å². The van der Waals surface area contributed by atoms with Crippen molar-refractivity contribution in [2.45, 2.75) is 112 Å². The maximum absolute atomic E-state index is 14.3. The van der Waals surface area contributed by atoms with Crippen LogP contribution >= 0.6 is 11.8 Å².